The number of carbonyl (C=O) groups excluding carboxylic acids is 4. The lowest BCUT2D eigenvalue weighted by Gasteiger charge is -2.31. The van der Waals surface area contributed by atoms with Crippen LogP contribution in [0, 0.1) is 0 Å². The third kappa shape index (κ3) is 4.50. The van der Waals surface area contributed by atoms with Crippen molar-refractivity contribution in [2.45, 2.75) is 43.9 Å². The maximum absolute atomic E-state index is 12.6. The van der Waals surface area contributed by atoms with Crippen LogP contribution in [0.4, 0.5) is 0 Å². The molecule has 2 rings (SSSR count). The average molecular weight is 379 g/mol. The quantitative estimate of drug-likeness (QED) is 0.319. The van der Waals surface area contributed by atoms with Crippen molar-refractivity contribution in [3.63, 3.8) is 0 Å². The highest BCUT2D eigenvalue weighted by molar-refractivity contribution is 5.98. The first-order valence-electron chi connectivity index (χ1n) is 8.20. The fourth-order valence-electron chi connectivity index (χ4n) is 2.72. The van der Waals surface area contributed by atoms with Crippen molar-refractivity contribution in [3.05, 3.63) is 23.9 Å². The van der Waals surface area contributed by atoms with Gasteiger partial charge in [-0.2, -0.15) is 0 Å². The lowest BCUT2D eigenvalue weighted by atomic mass is 10.1. The molecule has 146 valence electrons. The minimum Gasteiger partial charge on any atom is -0.480 e. The largest absolute Gasteiger partial charge is 0.480 e. The van der Waals surface area contributed by atoms with Crippen LogP contribution in [0.5, 0.6) is 0 Å². The van der Waals surface area contributed by atoms with Crippen LogP contribution >= 0.6 is 0 Å². The number of primary amides is 1. The Kier molecular flexibility index (Phi) is 5.95. The van der Waals surface area contributed by atoms with Crippen LogP contribution in [0.15, 0.2) is 23.9 Å². The van der Waals surface area contributed by atoms with Gasteiger partial charge in [0.1, 0.15) is 18.1 Å². The molecule has 0 aromatic heterocycles. The molecular formula is C16H21N5O6. The van der Waals surface area contributed by atoms with E-state index in [1.807, 2.05) is 0 Å². The van der Waals surface area contributed by atoms with E-state index in [-0.39, 0.29) is 0 Å². The summed E-state index contributed by atoms with van der Waals surface area (Å²) in [5, 5.41) is 13.4. The Morgan fingerprint density at radius 2 is 2.00 bits per heavy atom. The fourth-order valence-corrected chi connectivity index (χ4v) is 2.72. The van der Waals surface area contributed by atoms with Gasteiger partial charge in [-0.3, -0.25) is 28.9 Å². The summed E-state index contributed by atoms with van der Waals surface area (Å²) in [6, 6.07) is -4.42. The van der Waals surface area contributed by atoms with Crippen molar-refractivity contribution >= 4 is 29.6 Å². The lowest BCUT2D eigenvalue weighted by Crippen LogP contribution is -2.57. The Morgan fingerprint density at radius 3 is 2.59 bits per heavy atom. The number of nitrogens with two attached hydrogens (primary N) is 2. The predicted molar refractivity (Wildman–Crippen MR) is 91.4 cm³/mol. The SMILES string of the molecule is CC(NC(=O)C(CC(N)=O)NC(=O)C1C=CC2=CCC(N)C(=O)N21)C(=O)O. The molecule has 2 heterocycles. The molecule has 2 aliphatic rings. The van der Waals surface area contributed by atoms with Gasteiger partial charge in [0, 0.05) is 5.70 Å². The molecule has 4 unspecified atom stereocenters. The Balaban J connectivity index is 2.12. The van der Waals surface area contributed by atoms with Crippen molar-refractivity contribution in [3.8, 4) is 0 Å². The molecule has 0 aromatic carbocycles. The number of carbonyl (C=O) groups is 5. The lowest BCUT2D eigenvalue weighted by molar-refractivity contribution is -0.142. The highest BCUT2D eigenvalue weighted by atomic mass is 16.4. The number of fused-ring (bicyclic) bond motifs is 1. The number of carboxylic acids is 1. The molecule has 11 nitrogen and oxygen atoms in total. The first kappa shape index (κ1) is 20.1. The van der Waals surface area contributed by atoms with Gasteiger partial charge in [0.15, 0.2) is 0 Å². The molecule has 0 aliphatic carbocycles. The predicted octanol–water partition coefficient (Wildman–Crippen LogP) is -2.68. The molecule has 7 N–H and O–H groups in total. The summed E-state index contributed by atoms with van der Waals surface area (Å²) in [6.45, 7) is 1.23. The smallest absolute Gasteiger partial charge is 0.325 e. The normalized spacial score (nSPS) is 23.1. The van der Waals surface area contributed by atoms with Crippen LogP contribution in [0.2, 0.25) is 0 Å². The van der Waals surface area contributed by atoms with Gasteiger partial charge < -0.3 is 27.2 Å². The topological polar surface area (TPSA) is 185 Å². The maximum atomic E-state index is 12.6. The van der Waals surface area contributed by atoms with E-state index in [1.165, 1.54) is 17.9 Å². The molecular weight excluding hydrogens is 358 g/mol. The van der Waals surface area contributed by atoms with E-state index in [4.69, 9.17) is 16.6 Å². The van der Waals surface area contributed by atoms with Gasteiger partial charge in [-0.15, -0.1) is 0 Å². The van der Waals surface area contributed by atoms with E-state index in [1.54, 1.807) is 12.2 Å². The molecule has 0 saturated heterocycles. The second-order valence-electron chi connectivity index (χ2n) is 6.28. The van der Waals surface area contributed by atoms with Crippen LogP contribution in [-0.2, 0) is 24.0 Å². The van der Waals surface area contributed by atoms with Crippen molar-refractivity contribution in [2.75, 3.05) is 0 Å². The second-order valence-corrected chi connectivity index (χ2v) is 6.28. The fraction of sp³-hybridized carbons (Fsp3) is 0.438. The Bertz CT molecular complexity index is 746. The molecule has 0 spiro atoms. The highest BCUT2D eigenvalue weighted by Crippen LogP contribution is 2.26. The van der Waals surface area contributed by atoms with Gasteiger partial charge >= 0.3 is 5.97 Å². The number of nitrogens with zero attached hydrogens (tertiary/aromatic N) is 1. The second kappa shape index (κ2) is 7.99. The number of nitrogens with one attached hydrogen (secondary N) is 2. The third-order valence-corrected chi connectivity index (χ3v) is 4.18. The molecule has 0 fully saturated rings. The van der Waals surface area contributed by atoms with Gasteiger partial charge in [0.05, 0.1) is 12.5 Å². The van der Waals surface area contributed by atoms with Crippen molar-refractivity contribution < 1.29 is 29.1 Å². The number of hydrogen-bond acceptors (Lipinski definition) is 6. The molecule has 11 heteroatoms. The van der Waals surface area contributed by atoms with Crippen LogP contribution in [0.25, 0.3) is 0 Å². The third-order valence-electron chi connectivity index (χ3n) is 4.18. The van der Waals surface area contributed by atoms with Crippen LogP contribution < -0.4 is 22.1 Å². The highest BCUT2D eigenvalue weighted by Gasteiger charge is 2.39. The number of amides is 4. The molecule has 4 atom stereocenters. The molecule has 2 aliphatic heterocycles. The zero-order valence-corrected chi connectivity index (χ0v) is 14.5. The average Bonchev–Trinajstić information content (AvgIpc) is 3.01. The number of aliphatic carboxylic acids is 1. The van der Waals surface area contributed by atoms with Crippen molar-refractivity contribution in [1.82, 2.24) is 15.5 Å². The van der Waals surface area contributed by atoms with E-state index >= 15 is 0 Å². The summed E-state index contributed by atoms with van der Waals surface area (Å²) < 4.78 is 0. The number of rotatable bonds is 7. The summed E-state index contributed by atoms with van der Waals surface area (Å²) in [4.78, 5) is 60.4. The summed E-state index contributed by atoms with van der Waals surface area (Å²) in [6.07, 6.45) is 4.59. The zero-order valence-electron chi connectivity index (χ0n) is 14.5. The summed E-state index contributed by atoms with van der Waals surface area (Å²) in [5.74, 6) is -4.18. The van der Waals surface area contributed by atoms with E-state index in [2.05, 4.69) is 10.6 Å². The molecule has 0 radical (unpaired) electrons. The van der Waals surface area contributed by atoms with E-state index < -0.39 is 60.2 Å². The van der Waals surface area contributed by atoms with E-state index in [9.17, 15) is 24.0 Å². The first-order valence-corrected chi connectivity index (χ1v) is 8.20. The number of hydrogen-bond donors (Lipinski definition) is 5. The van der Waals surface area contributed by atoms with Gasteiger partial charge in [0.25, 0.3) is 0 Å². The van der Waals surface area contributed by atoms with Crippen LogP contribution in [0.1, 0.15) is 19.8 Å². The minimum atomic E-state index is -1.38. The number of allylic oxidation sites excluding steroid dienone is 1. The monoisotopic (exact) mass is 379 g/mol. The molecule has 27 heavy (non-hydrogen) atoms. The van der Waals surface area contributed by atoms with E-state index in [0.717, 1.165) is 0 Å². The molecule has 0 bridgehead atoms. The van der Waals surface area contributed by atoms with Gasteiger partial charge in [-0.25, -0.2) is 0 Å². The summed E-state index contributed by atoms with van der Waals surface area (Å²) in [7, 11) is 0. The molecule has 0 aromatic rings. The molecule has 4 amide bonds. The van der Waals surface area contributed by atoms with Crippen molar-refractivity contribution in [2.24, 2.45) is 11.5 Å². The van der Waals surface area contributed by atoms with E-state index in [0.29, 0.717) is 12.1 Å². The van der Waals surface area contributed by atoms with Crippen LogP contribution in [0.3, 0.4) is 0 Å². The summed E-state index contributed by atoms with van der Waals surface area (Å²) in [5.41, 5.74) is 11.4. The Hall–Kier alpha value is -3.21. The van der Waals surface area contributed by atoms with Gasteiger partial charge in [-0.05, 0) is 19.4 Å². The first-order chi connectivity index (χ1) is 12.6. The van der Waals surface area contributed by atoms with Crippen LogP contribution in [-0.4, -0.2) is 63.8 Å². The van der Waals surface area contributed by atoms with Crippen molar-refractivity contribution in [1.29, 1.82) is 0 Å². The van der Waals surface area contributed by atoms with Gasteiger partial charge in [0.2, 0.25) is 23.6 Å². The Labute approximate surface area is 154 Å². The molecule has 0 saturated carbocycles. The summed E-state index contributed by atoms with van der Waals surface area (Å²) >= 11 is 0. The standard InChI is InChI=1S/C16H21N5O6/c1-7(16(26)27)19-13(23)10(6-12(18)22)20-14(24)11-5-3-8-2-4-9(17)15(25)21(8)11/h2-3,5,7,9-11H,4,6,17H2,1H3,(H2,18,22)(H,19,23)(H,20,24)(H,26,27). The van der Waals surface area contributed by atoms with Gasteiger partial charge in [-0.1, -0.05) is 12.2 Å². The Morgan fingerprint density at radius 1 is 1.33 bits per heavy atom. The zero-order chi connectivity index (χ0) is 20.3. The minimum absolute atomic E-state index is 0.350. The number of carboxylic acid groups (broad SMARTS) is 1. The maximum Gasteiger partial charge on any atom is 0.325 e.